The van der Waals surface area contributed by atoms with Gasteiger partial charge in [0.15, 0.2) is 0 Å². The number of hydrogen-bond acceptors (Lipinski definition) is 3. The van der Waals surface area contributed by atoms with Crippen molar-refractivity contribution in [3.05, 3.63) is 36.2 Å². The van der Waals surface area contributed by atoms with Crippen LogP contribution in [0.3, 0.4) is 0 Å². The minimum atomic E-state index is -1.08. The predicted octanol–water partition coefficient (Wildman–Crippen LogP) is 5.98. The Bertz CT molecular complexity index is 370. The topological polar surface area (TPSA) is 26.1 Å². The fraction of sp³-hybridized carbons (Fsp3) is 0.737. The van der Waals surface area contributed by atoms with Gasteiger partial charge in [0.05, 0.1) is 6.61 Å². The molecule has 1 unspecified atom stereocenters. The molecule has 0 aliphatic rings. The summed E-state index contributed by atoms with van der Waals surface area (Å²) in [6.07, 6.45) is 11.8. The quantitative estimate of drug-likeness (QED) is 0.157. The van der Waals surface area contributed by atoms with Gasteiger partial charge >= 0.3 is 0 Å². The molecule has 1 atom stereocenters. The SMILES string of the molecule is [C-]#[N+]CCOP(OCCCCCC/C=C/C=C)N(C(C)C)C(C)C. The van der Waals surface area contributed by atoms with Crippen molar-refractivity contribution in [3.8, 4) is 0 Å². The third kappa shape index (κ3) is 11.8. The Balaban J connectivity index is 4.14. The smallest absolute Gasteiger partial charge is 0.259 e. The van der Waals surface area contributed by atoms with E-state index in [0.29, 0.717) is 25.2 Å². The molecule has 138 valence electrons. The van der Waals surface area contributed by atoms with Gasteiger partial charge in [-0.15, -0.1) is 0 Å². The van der Waals surface area contributed by atoms with Crippen molar-refractivity contribution >= 4 is 8.53 Å². The zero-order valence-corrected chi connectivity index (χ0v) is 16.8. The molecular weight excluding hydrogens is 319 g/mol. The highest BCUT2D eigenvalue weighted by Gasteiger charge is 2.27. The van der Waals surface area contributed by atoms with Crippen LogP contribution in [0, 0.1) is 6.57 Å². The van der Waals surface area contributed by atoms with E-state index >= 15 is 0 Å². The Labute approximate surface area is 150 Å². The largest absolute Gasteiger partial charge is 0.322 e. The first-order valence-electron chi connectivity index (χ1n) is 8.99. The highest BCUT2D eigenvalue weighted by atomic mass is 31.2. The van der Waals surface area contributed by atoms with E-state index in [0.717, 1.165) is 19.4 Å². The Morgan fingerprint density at radius 3 is 2.25 bits per heavy atom. The van der Waals surface area contributed by atoms with E-state index in [1.54, 1.807) is 0 Å². The molecule has 0 saturated carbocycles. The van der Waals surface area contributed by atoms with E-state index in [2.05, 4.69) is 49.9 Å². The van der Waals surface area contributed by atoms with Crippen LogP contribution >= 0.6 is 8.53 Å². The lowest BCUT2D eigenvalue weighted by molar-refractivity contribution is 0.176. The maximum Gasteiger partial charge on any atom is 0.259 e. The van der Waals surface area contributed by atoms with Crippen LogP contribution in [0.4, 0.5) is 0 Å². The van der Waals surface area contributed by atoms with Crippen LogP contribution in [0.5, 0.6) is 0 Å². The average molecular weight is 354 g/mol. The molecule has 0 amide bonds. The van der Waals surface area contributed by atoms with Gasteiger partial charge in [-0.05, 0) is 47.0 Å². The molecule has 0 N–H and O–H groups in total. The molecule has 0 aromatic rings. The summed E-state index contributed by atoms with van der Waals surface area (Å²) in [7, 11) is -1.08. The number of nitrogens with zero attached hydrogens (tertiary/aromatic N) is 2. The van der Waals surface area contributed by atoms with E-state index in [-0.39, 0.29) is 0 Å². The molecule has 5 heteroatoms. The lowest BCUT2D eigenvalue weighted by atomic mass is 10.1. The van der Waals surface area contributed by atoms with Crippen molar-refractivity contribution in [2.24, 2.45) is 0 Å². The monoisotopic (exact) mass is 354 g/mol. The minimum absolute atomic E-state index is 0.362. The maximum atomic E-state index is 6.89. The Kier molecular flexibility index (Phi) is 15.3. The summed E-state index contributed by atoms with van der Waals surface area (Å²) >= 11 is 0. The number of rotatable bonds is 15. The van der Waals surface area contributed by atoms with Gasteiger partial charge < -0.3 is 13.9 Å². The normalized spacial score (nSPS) is 13.1. The van der Waals surface area contributed by atoms with Gasteiger partial charge in [0.1, 0.15) is 6.61 Å². The van der Waals surface area contributed by atoms with E-state index in [4.69, 9.17) is 15.6 Å². The summed E-state index contributed by atoms with van der Waals surface area (Å²) in [5.74, 6) is 0. The molecule has 0 spiro atoms. The van der Waals surface area contributed by atoms with E-state index < -0.39 is 8.53 Å². The van der Waals surface area contributed by atoms with Gasteiger partial charge in [0.2, 0.25) is 6.54 Å². The molecule has 0 radical (unpaired) electrons. The molecule has 0 aromatic carbocycles. The molecule has 0 heterocycles. The molecule has 0 saturated heterocycles. The zero-order chi connectivity index (χ0) is 18.2. The average Bonchev–Trinajstić information content (AvgIpc) is 2.52. The van der Waals surface area contributed by atoms with Crippen molar-refractivity contribution < 1.29 is 9.05 Å². The van der Waals surface area contributed by atoms with Crippen LogP contribution in [0.2, 0.25) is 0 Å². The van der Waals surface area contributed by atoms with Crippen LogP contribution in [0.15, 0.2) is 24.8 Å². The molecule has 0 aliphatic carbocycles. The second-order valence-corrected chi connectivity index (χ2v) is 7.67. The molecule has 0 rings (SSSR count). The van der Waals surface area contributed by atoms with Crippen molar-refractivity contribution in [1.82, 2.24) is 4.67 Å². The van der Waals surface area contributed by atoms with Crippen molar-refractivity contribution in [2.75, 3.05) is 19.8 Å². The minimum Gasteiger partial charge on any atom is -0.322 e. The molecular formula is C19H35N2O2P. The van der Waals surface area contributed by atoms with E-state index in [1.807, 2.05) is 12.2 Å². The highest BCUT2D eigenvalue weighted by molar-refractivity contribution is 7.44. The summed E-state index contributed by atoms with van der Waals surface area (Å²) in [6.45, 7) is 20.8. The van der Waals surface area contributed by atoms with Crippen LogP contribution in [-0.4, -0.2) is 36.5 Å². The summed E-state index contributed by atoms with van der Waals surface area (Å²) in [4.78, 5) is 3.36. The summed E-state index contributed by atoms with van der Waals surface area (Å²) in [5.41, 5.74) is 0. The molecule has 0 aliphatic heterocycles. The van der Waals surface area contributed by atoms with Crippen LogP contribution in [-0.2, 0) is 9.05 Å². The first kappa shape index (κ1) is 23.3. The summed E-state index contributed by atoms with van der Waals surface area (Å²) in [6, 6.07) is 0.724. The van der Waals surface area contributed by atoms with Gasteiger partial charge in [-0.3, -0.25) is 0 Å². The van der Waals surface area contributed by atoms with Crippen LogP contribution in [0.25, 0.3) is 4.85 Å². The standard InChI is InChI=1S/C19H35N2O2P/c1-7-8-9-10-11-12-13-14-16-22-24(23-17-15-20-6)21(18(2)3)19(4)5/h7-9,18-19H,1,10-17H2,2-5H3/b9-8+. The van der Waals surface area contributed by atoms with Crippen LogP contribution in [0.1, 0.15) is 59.8 Å². The molecule has 0 fully saturated rings. The predicted molar refractivity (Wildman–Crippen MR) is 105 cm³/mol. The summed E-state index contributed by atoms with van der Waals surface area (Å²) in [5, 5.41) is 0. The maximum absolute atomic E-state index is 6.89. The second kappa shape index (κ2) is 15.8. The van der Waals surface area contributed by atoms with Gasteiger partial charge in [0, 0.05) is 12.1 Å². The van der Waals surface area contributed by atoms with Crippen molar-refractivity contribution in [3.63, 3.8) is 0 Å². The third-order valence-corrected chi connectivity index (χ3v) is 5.50. The van der Waals surface area contributed by atoms with Gasteiger partial charge in [0.25, 0.3) is 8.53 Å². The third-order valence-electron chi connectivity index (χ3n) is 3.39. The summed E-state index contributed by atoms with van der Waals surface area (Å²) < 4.78 is 14.2. The second-order valence-electron chi connectivity index (χ2n) is 6.22. The molecule has 24 heavy (non-hydrogen) atoms. The highest BCUT2D eigenvalue weighted by Crippen LogP contribution is 2.45. The van der Waals surface area contributed by atoms with Crippen LogP contribution < -0.4 is 0 Å². The fourth-order valence-electron chi connectivity index (χ4n) is 2.36. The first-order valence-corrected chi connectivity index (χ1v) is 10.1. The number of allylic oxidation sites excluding steroid dienone is 3. The lowest BCUT2D eigenvalue weighted by Crippen LogP contribution is -2.33. The number of unbranched alkanes of at least 4 members (excludes halogenated alkanes) is 4. The van der Waals surface area contributed by atoms with E-state index in [9.17, 15) is 0 Å². The number of hydrogen-bond donors (Lipinski definition) is 0. The molecule has 4 nitrogen and oxygen atoms in total. The van der Waals surface area contributed by atoms with Crippen molar-refractivity contribution in [1.29, 1.82) is 0 Å². The van der Waals surface area contributed by atoms with E-state index in [1.165, 1.54) is 19.3 Å². The Morgan fingerprint density at radius 1 is 1.04 bits per heavy atom. The first-order chi connectivity index (χ1) is 11.5. The Morgan fingerprint density at radius 2 is 1.67 bits per heavy atom. The van der Waals surface area contributed by atoms with Crippen molar-refractivity contribution in [2.45, 2.75) is 71.9 Å². The molecule has 0 bridgehead atoms. The fourth-order valence-corrected chi connectivity index (χ4v) is 3.98. The molecule has 0 aromatic heterocycles. The van der Waals surface area contributed by atoms with Gasteiger partial charge in [-0.2, -0.15) is 0 Å². The lowest BCUT2D eigenvalue weighted by Gasteiger charge is -2.35. The van der Waals surface area contributed by atoms with Gasteiger partial charge in [-0.1, -0.05) is 37.6 Å². The Hall–Kier alpha value is -0.720. The van der Waals surface area contributed by atoms with Gasteiger partial charge in [-0.25, -0.2) is 11.2 Å². The zero-order valence-electron chi connectivity index (χ0n) is 15.9.